The van der Waals surface area contributed by atoms with Gasteiger partial charge in [-0.2, -0.15) is 0 Å². The minimum absolute atomic E-state index is 0.0544. The zero-order valence-electron chi connectivity index (χ0n) is 21.2. The minimum Gasteiger partial charge on any atom is -0.488 e. The van der Waals surface area contributed by atoms with Crippen molar-refractivity contribution < 1.29 is 9.53 Å². The number of nitrogens with one attached hydrogen (secondary N) is 2. The van der Waals surface area contributed by atoms with E-state index in [-0.39, 0.29) is 12.0 Å². The number of H-pyrrole nitrogens is 1. The summed E-state index contributed by atoms with van der Waals surface area (Å²) in [6.07, 6.45) is 4.60. The zero-order chi connectivity index (χ0) is 24.4. The largest absolute Gasteiger partial charge is 0.488 e. The fraction of sp³-hybridized carbons (Fsp3) is 0.429. The van der Waals surface area contributed by atoms with Crippen LogP contribution in [0.2, 0.25) is 0 Å². The van der Waals surface area contributed by atoms with Crippen molar-refractivity contribution >= 4 is 27.8 Å². The number of aryl methyl sites for hydroxylation is 2. The number of carbonyl (C=O) groups is 1. The highest BCUT2D eigenvalue weighted by Crippen LogP contribution is 2.36. The number of amides is 1. The number of aromatic amines is 1. The van der Waals surface area contributed by atoms with Crippen molar-refractivity contribution in [2.75, 3.05) is 6.54 Å². The highest BCUT2D eigenvalue weighted by atomic mass is 16.5. The Kier molecular flexibility index (Phi) is 6.96. The van der Waals surface area contributed by atoms with Crippen molar-refractivity contribution in [1.82, 2.24) is 19.9 Å². The zero-order valence-corrected chi connectivity index (χ0v) is 21.2. The third kappa shape index (κ3) is 4.41. The summed E-state index contributed by atoms with van der Waals surface area (Å²) in [5.41, 5.74) is 5.95. The lowest BCUT2D eigenvalue weighted by atomic mass is 9.95. The molecule has 3 heterocycles. The van der Waals surface area contributed by atoms with E-state index < -0.39 is 0 Å². The number of hydrogen-bond acceptors (Lipinski definition) is 3. The molecule has 180 valence electrons. The van der Waals surface area contributed by atoms with Crippen LogP contribution in [-0.4, -0.2) is 33.1 Å². The Morgan fingerprint density at radius 2 is 1.94 bits per heavy atom. The summed E-state index contributed by atoms with van der Waals surface area (Å²) < 4.78 is 8.11. The first-order chi connectivity index (χ1) is 16.3. The second-order valence-electron chi connectivity index (χ2n) is 9.33. The molecular weight excluding hydrogens is 424 g/mol. The van der Waals surface area contributed by atoms with E-state index in [0.717, 1.165) is 41.5 Å². The van der Waals surface area contributed by atoms with Crippen LogP contribution in [0.5, 0.6) is 5.75 Å². The van der Waals surface area contributed by atoms with Crippen molar-refractivity contribution in [2.24, 2.45) is 7.05 Å². The minimum atomic E-state index is -0.140. The summed E-state index contributed by atoms with van der Waals surface area (Å²) in [6, 6.07) is 10.4. The van der Waals surface area contributed by atoms with Gasteiger partial charge in [-0.3, -0.25) is 4.79 Å². The van der Waals surface area contributed by atoms with E-state index in [0.29, 0.717) is 23.9 Å². The molecule has 0 bridgehead atoms. The topological polar surface area (TPSA) is 71.9 Å². The van der Waals surface area contributed by atoms with Gasteiger partial charge in [-0.25, -0.2) is 4.98 Å². The maximum absolute atomic E-state index is 13.4. The Balaban J connectivity index is 1.67. The van der Waals surface area contributed by atoms with Gasteiger partial charge >= 0.3 is 0 Å². The van der Waals surface area contributed by atoms with Crippen LogP contribution in [0.15, 0.2) is 36.5 Å². The molecule has 4 rings (SSSR count). The first-order valence-electron chi connectivity index (χ1n) is 12.4. The van der Waals surface area contributed by atoms with Crippen LogP contribution in [0, 0.1) is 0 Å². The van der Waals surface area contributed by atoms with E-state index in [4.69, 9.17) is 9.72 Å². The molecule has 0 aliphatic carbocycles. The summed E-state index contributed by atoms with van der Waals surface area (Å²) in [4.78, 5) is 21.7. The fourth-order valence-electron chi connectivity index (χ4n) is 4.64. The van der Waals surface area contributed by atoms with Gasteiger partial charge in [0.25, 0.3) is 5.91 Å². The van der Waals surface area contributed by atoms with Gasteiger partial charge in [0.2, 0.25) is 0 Å². The molecule has 1 amide bonds. The van der Waals surface area contributed by atoms with Crippen molar-refractivity contribution in [3.63, 3.8) is 0 Å². The number of hydrogen-bond donors (Lipinski definition) is 2. The highest BCUT2D eigenvalue weighted by Gasteiger charge is 2.26. The van der Waals surface area contributed by atoms with E-state index >= 15 is 0 Å². The number of fused-ring (bicyclic) bond motifs is 2. The molecule has 0 radical (unpaired) electrons. The summed E-state index contributed by atoms with van der Waals surface area (Å²) in [7, 11) is 1.90. The van der Waals surface area contributed by atoms with Gasteiger partial charge in [-0.1, -0.05) is 39.0 Å². The molecule has 2 N–H and O–H groups in total. The number of para-hydroxylation sites is 1. The molecule has 1 unspecified atom stereocenters. The molecule has 6 heteroatoms. The normalized spacial score (nSPS) is 12.6. The molecule has 6 nitrogen and oxygen atoms in total. The van der Waals surface area contributed by atoms with Crippen LogP contribution >= 0.6 is 0 Å². The predicted octanol–water partition coefficient (Wildman–Crippen LogP) is 5.89. The number of carbonyl (C=O) groups excluding carboxylic acids is 1. The SMILES string of the molecule is CCc1nc2c(cc1C(C)CC)c(OC(C)C)c(C(=O)NCCc1c[nH]c3ccccc13)n2C. The number of benzene rings is 1. The van der Waals surface area contributed by atoms with Crippen LogP contribution in [-0.2, 0) is 19.9 Å². The molecule has 4 aromatic rings. The van der Waals surface area contributed by atoms with Crippen LogP contribution in [0.25, 0.3) is 21.9 Å². The number of nitrogens with zero attached hydrogens (tertiary/aromatic N) is 2. The molecule has 0 saturated heterocycles. The first kappa shape index (κ1) is 23.9. The maximum atomic E-state index is 13.4. The van der Waals surface area contributed by atoms with E-state index in [1.54, 1.807) is 0 Å². The van der Waals surface area contributed by atoms with Gasteiger partial charge in [-0.15, -0.1) is 0 Å². The molecule has 1 aromatic carbocycles. The average Bonchev–Trinajstić information content (AvgIpc) is 3.36. The molecular formula is C28H36N4O2. The quantitative estimate of drug-likeness (QED) is 0.327. The Labute approximate surface area is 201 Å². The number of rotatable bonds is 9. The molecule has 0 fully saturated rings. The van der Waals surface area contributed by atoms with Crippen molar-refractivity contribution in [3.8, 4) is 5.75 Å². The molecule has 34 heavy (non-hydrogen) atoms. The molecule has 0 spiro atoms. The van der Waals surface area contributed by atoms with Gasteiger partial charge in [0.05, 0.1) is 11.5 Å². The number of ether oxygens (including phenoxy) is 1. The summed E-state index contributed by atoms with van der Waals surface area (Å²) in [5, 5.41) is 5.21. The summed E-state index contributed by atoms with van der Waals surface area (Å²) in [5.74, 6) is 0.878. The number of pyridine rings is 1. The van der Waals surface area contributed by atoms with E-state index in [1.165, 1.54) is 16.5 Å². The predicted molar refractivity (Wildman–Crippen MR) is 139 cm³/mol. The van der Waals surface area contributed by atoms with Gasteiger partial charge in [0.15, 0.2) is 11.4 Å². The Morgan fingerprint density at radius 1 is 1.18 bits per heavy atom. The number of aromatic nitrogens is 3. The monoisotopic (exact) mass is 460 g/mol. The van der Waals surface area contributed by atoms with E-state index in [9.17, 15) is 4.79 Å². The molecule has 1 atom stereocenters. The smallest absolute Gasteiger partial charge is 0.271 e. The average molecular weight is 461 g/mol. The van der Waals surface area contributed by atoms with Crippen molar-refractivity contribution in [2.45, 2.75) is 65.9 Å². The lowest BCUT2D eigenvalue weighted by Gasteiger charge is -2.15. The first-order valence-corrected chi connectivity index (χ1v) is 12.4. The lowest BCUT2D eigenvalue weighted by molar-refractivity contribution is 0.0940. The standard InChI is InChI=1S/C28H36N4O2/c1-7-18(5)21-15-22-26(34-17(3)4)25(32(6)27(22)31-23(21)8-2)28(33)29-14-13-19-16-30-24-12-10-9-11-20(19)24/h9-12,15-18,30H,7-8,13-14H2,1-6H3,(H,29,33). The maximum Gasteiger partial charge on any atom is 0.271 e. The van der Waals surface area contributed by atoms with E-state index in [2.05, 4.69) is 49.3 Å². The van der Waals surface area contributed by atoms with Crippen molar-refractivity contribution in [3.05, 3.63) is 59.0 Å². The third-order valence-corrected chi connectivity index (χ3v) is 6.63. The highest BCUT2D eigenvalue weighted by molar-refractivity contribution is 6.03. The van der Waals surface area contributed by atoms with Crippen LogP contribution in [0.3, 0.4) is 0 Å². The van der Waals surface area contributed by atoms with Crippen LogP contribution < -0.4 is 10.1 Å². The molecule has 0 aliphatic heterocycles. The summed E-state index contributed by atoms with van der Waals surface area (Å²) >= 11 is 0. The van der Waals surface area contributed by atoms with Crippen LogP contribution in [0.4, 0.5) is 0 Å². The van der Waals surface area contributed by atoms with Gasteiger partial charge in [-0.05, 0) is 62.3 Å². The third-order valence-electron chi connectivity index (χ3n) is 6.63. The van der Waals surface area contributed by atoms with E-state index in [1.807, 2.05) is 43.8 Å². The molecule has 0 aliphatic rings. The van der Waals surface area contributed by atoms with Crippen molar-refractivity contribution in [1.29, 1.82) is 0 Å². The summed E-state index contributed by atoms with van der Waals surface area (Å²) in [6.45, 7) is 11.1. The van der Waals surface area contributed by atoms with Gasteiger partial charge < -0.3 is 19.6 Å². The second kappa shape index (κ2) is 9.92. The Bertz CT molecular complexity index is 1320. The van der Waals surface area contributed by atoms with Crippen LogP contribution in [0.1, 0.15) is 74.3 Å². The van der Waals surface area contributed by atoms with Gasteiger partial charge in [0.1, 0.15) is 5.65 Å². The van der Waals surface area contributed by atoms with Gasteiger partial charge in [0, 0.05) is 36.4 Å². The molecule has 3 aromatic heterocycles. The second-order valence-corrected chi connectivity index (χ2v) is 9.33. The fourth-order valence-corrected chi connectivity index (χ4v) is 4.64. The molecule has 0 saturated carbocycles. The Hall–Kier alpha value is -3.28. The lowest BCUT2D eigenvalue weighted by Crippen LogP contribution is -2.28. The Morgan fingerprint density at radius 3 is 2.65 bits per heavy atom.